The average Bonchev–Trinajstić information content (AvgIpc) is 3.62. The monoisotopic (exact) mass is 593 g/mol. The van der Waals surface area contributed by atoms with Crippen molar-refractivity contribution < 1.29 is 4.39 Å². The van der Waals surface area contributed by atoms with Crippen LogP contribution >= 0.6 is 0 Å². The smallest absolute Gasteiger partial charge is 0.125 e. The van der Waals surface area contributed by atoms with Crippen molar-refractivity contribution in [1.29, 1.82) is 0 Å². The molecule has 218 valence electrons. The number of rotatable bonds is 5. The van der Waals surface area contributed by atoms with Crippen LogP contribution in [0, 0.1) is 5.82 Å². The van der Waals surface area contributed by atoms with Gasteiger partial charge in [-0.1, -0.05) is 91.0 Å². The highest BCUT2D eigenvalue weighted by atomic mass is 19.1. The first-order chi connectivity index (χ1) is 22.8. The summed E-state index contributed by atoms with van der Waals surface area (Å²) in [5.41, 5.74) is 9.44. The highest BCUT2D eigenvalue weighted by molar-refractivity contribution is 6.17. The molecule has 4 heteroatoms. The fourth-order valence-electron chi connectivity index (χ4n) is 7.04. The standard InChI is InChI=1S/C42H28FN3/c43-29-13-11-18-32(27-29)46-38-22-10-8-20-36(38)42-39(23-12-24-40(42)46)44(30-14-3-1-4-15-30)33-25-26-35-34-19-7-9-21-37(34)45(41(35)28-33)31-16-5-2-6-17-31/h1-28H. The van der Waals surface area contributed by atoms with Crippen LogP contribution in [-0.4, -0.2) is 9.13 Å². The average molecular weight is 594 g/mol. The van der Waals surface area contributed by atoms with E-state index in [0.717, 1.165) is 55.8 Å². The molecular formula is C42H28FN3. The van der Waals surface area contributed by atoms with Crippen LogP contribution < -0.4 is 4.90 Å². The van der Waals surface area contributed by atoms with Gasteiger partial charge in [-0.25, -0.2) is 4.39 Å². The molecule has 0 aliphatic heterocycles. The Morgan fingerprint density at radius 2 is 0.978 bits per heavy atom. The SMILES string of the molecule is Fc1cccc(-n2c3ccccc3c3c(N(c4ccccc4)c4ccc5c6ccccc6n(-c6ccccc6)c5c4)cccc32)c1. The Morgan fingerprint density at radius 1 is 0.391 bits per heavy atom. The number of aromatic nitrogens is 2. The number of anilines is 3. The lowest BCUT2D eigenvalue weighted by molar-refractivity contribution is 0.627. The Labute approximate surface area is 265 Å². The first-order valence-electron chi connectivity index (χ1n) is 15.5. The molecule has 9 aromatic rings. The summed E-state index contributed by atoms with van der Waals surface area (Å²) < 4.78 is 19.1. The van der Waals surface area contributed by atoms with Gasteiger partial charge in [-0.15, -0.1) is 0 Å². The van der Waals surface area contributed by atoms with Gasteiger partial charge in [0.2, 0.25) is 0 Å². The maximum atomic E-state index is 14.5. The molecule has 7 aromatic carbocycles. The van der Waals surface area contributed by atoms with Gasteiger partial charge < -0.3 is 14.0 Å². The van der Waals surface area contributed by atoms with Crippen molar-refractivity contribution in [2.24, 2.45) is 0 Å². The number of hydrogen-bond donors (Lipinski definition) is 0. The van der Waals surface area contributed by atoms with Crippen LogP contribution in [0.2, 0.25) is 0 Å². The van der Waals surface area contributed by atoms with E-state index in [-0.39, 0.29) is 5.82 Å². The molecule has 9 rings (SSSR count). The molecular weight excluding hydrogens is 565 g/mol. The van der Waals surface area contributed by atoms with Crippen molar-refractivity contribution in [3.63, 3.8) is 0 Å². The molecule has 0 bridgehead atoms. The molecule has 0 fully saturated rings. The zero-order valence-corrected chi connectivity index (χ0v) is 24.9. The third-order valence-corrected chi connectivity index (χ3v) is 8.93. The maximum Gasteiger partial charge on any atom is 0.125 e. The summed E-state index contributed by atoms with van der Waals surface area (Å²) in [6.45, 7) is 0. The molecule has 3 nitrogen and oxygen atoms in total. The fourth-order valence-corrected chi connectivity index (χ4v) is 7.04. The molecule has 2 heterocycles. The number of halogens is 1. The largest absolute Gasteiger partial charge is 0.310 e. The summed E-state index contributed by atoms with van der Waals surface area (Å²) >= 11 is 0. The molecule has 0 aliphatic carbocycles. The molecule has 0 N–H and O–H groups in total. The number of benzene rings is 7. The van der Waals surface area contributed by atoms with Gasteiger partial charge in [0.25, 0.3) is 0 Å². The molecule has 0 atom stereocenters. The summed E-state index contributed by atoms with van der Waals surface area (Å²) in [6, 6.07) is 58.1. The van der Waals surface area contributed by atoms with Crippen LogP contribution in [0.4, 0.5) is 21.5 Å². The molecule has 0 saturated heterocycles. The van der Waals surface area contributed by atoms with E-state index >= 15 is 0 Å². The summed E-state index contributed by atoms with van der Waals surface area (Å²) in [7, 11) is 0. The van der Waals surface area contributed by atoms with Gasteiger partial charge in [-0.05, 0) is 78.9 Å². The second-order valence-corrected chi connectivity index (χ2v) is 11.6. The minimum Gasteiger partial charge on any atom is -0.310 e. The van der Waals surface area contributed by atoms with Gasteiger partial charge in [-0.3, -0.25) is 0 Å². The van der Waals surface area contributed by atoms with E-state index in [4.69, 9.17) is 0 Å². The van der Waals surface area contributed by atoms with Crippen molar-refractivity contribution in [2.75, 3.05) is 4.90 Å². The topological polar surface area (TPSA) is 13.1 Å². The molecule has 0 aliphatic rings. The van der Waals surface area contributed by atoms with Crippen LogP contribution in [0.3, 0.4) is 0 Å². The normalized spacial score (nSPS) is 11.6. The van der Waals surface area contributed by atoms with Gasteiger partial charge in [0.15, 0.2) is 0 Å². The first-order valence-corrected chi connectivity index (χ1v) is 15.5. The third kappa shape index (κ3) is 4.04. The molecule has 0 unspecified atom stereocenters. The summed E-state index contributed by atoms with van der Waals surface area (Å²) in [4.78, 5) is 2.34. The molecule has 2 aromatic heterocycles. The predicted molar refractivity (Wildman–Crippen MR) is 190 cm³/mol. The second-order valence-electron chi connectivity index (χ2n) is 11.6. The predicted octanol–water partition coefficient (Wildman–Crippen LogP) is 11.5. The molecule has 0 amide bonds. The highest BCUT2D eigenvalue weighted by Crippen LogP contribution is 2.45. The van der Waals surface area contributed by atoms with Crippen molar-refractivity contribution in [3.05, 3.63) is 176 Å². The maximum absolute atomic E-state index is 14.5. The van der Waals surface area contributed by atoms with Crippen molar-refractivity contribution in [1.82, 2.24) is 9.13 Å². The van der Waals surface area contributed by atoms with Gasteiger partial charge in [0.05, 0.1) is 27.8 Å². The third-order valence-electron chi connectivity index (χ3n) is 8.93. The van der Waals surface area contributed by atoms with Crippen LogP contribution in [0.15, 0.2) is 170 Å². The van der Waals surface area contributed by atoms with E-state index in [9.17, 15) is 4.39 Å². The summed E-state index contributed by atoms with van der Waals surface area (Å²) in [5.74, 6) is -0.257. The molecule has 0 spiro atoms. The van der Waals surface area contributed by atoms with E-state index in [1.54, 1.807) is 12.1 Å². The Morgan fingerprint density at radius 3 is 1.76 bits per heavy atom. The van der Waals surface area contributed by atoms with E-state index in [1.807, 2.05) is 12.1 Å². The number of para-hydroxylation sites is 4. The van der Waals surface area contributed by atoms with Crippen molar-refractivity contribution in [2.45, 2.75) is 0 Å². The van der Waals surface area contributed by atoms with Gasteiger partial charge in [-0.2, -0.15) is 0 Å². The Hall–Kier alpha value is -6.13. The molecule has 0 saturated carbocycles. The zero-order chi connectivity index (χ0) is 30.6. The van der Waals surface area contributed by atoms with Gasteiger partial charge >= 0.3 is 0 Å². The summed E-state index contributed by atoms with van der Waals surface area (Å²) in [6.07, 6.45) is 0. The second kappa shape index (κ2) is 10.5. The zero-order valence-electron chi connectivity index (χ0n) is 24.9. The minimum absolute atomic E-state index is 0.257. The minimum atomic E-state index is -0.257. The van der Waals surface area contributed by atoms with E-state index < -0.39 is 0 Å². The van der Waals surface area contributed by atoms with E-state index in [1.165, 1.54) is 22.4 Å². The van der Waals surface area contributed by atoms with E-state index in [0.29, 0.717) is 0 Å². The Bertz CT molecular complexity index is 2540. The van der Waals surface area contributed by atoms with Crippen LogP contribution in [-0.2, 0) is 0 Å². The van der Waals surface area contributed by atoms with Crippen molar-refractivity contribution in [3.8, 4) is 11.4 Å². The van der Waals surface area contributed by atoms with Crippen molar-refractivity contribution >= 4 is 60.7 Å². The van der Waals surface area contributed by atoms with Gasteiger partial charge in [0.1, 0.15) is 5.82 Å². The molecule has 46 heavy (non-hydrogen) atoms. The quantitative estimate of drug-likeness (QED) is 0.193. The lowest BCUT2D eigenvalue weighted by Gasteiger charge is -2.27. The van der Waals surface area contributed by atoms with Crippen LogP contribution in [0.25, 0.3) is 55.0 Å². The summed E-state index contributed by atoms with van der Waals surface area (Å²) in [5, 5.41) is 4.64. The Kier molecular flexibility index (Phi) is 6.00. The molecule has 0 radical (unpaired) electrons. The fraction of sp³-hybridized carbons (Fsp3) is 0. The lowest BCUT2D eigenvalue weighted by Crippen LogP contribution is -2.10. The highest BCUT2D eigenvalue weighted by Gasteiger charge is 2.22. The first kappa shape index (κ1) is 26.3. The van der Waals surface area contributed by atoms with E-state index in [2.05, 4.69) is 154 Å². The number of nitrogens with zero attached hydrogens (tertiary/aromatic N) is 3. The van der Waals surface area contributed by atoms with Gasteiger partial charge in [0, 0.05) is 44.3 Å². The number of hydrogen-bond acceptors (Lipinski definition) is 1. The number of fused-ring (bicyclic) bond motifs is 6. The lowest BCUT2D eigenvalue weighted by atomic mass is 10.1. The Balaban J connectivity index is 1.36. The van der Waals surface area contributed by atoms with Crippen LogP contribution in [0.1, 0.15) is 0 Å². The van der Waals surface area contributed by atoms with Crippen LogP contribution in [0.5, 0.6) is 0 Å².